The minimum absolute atomic E-state index is 0.0538. The molecule has 1 amide bonds. The first-order valence-corrected chi connectivity index (χ1v) is 12.2. The number of nitrogen functional groups attached to an aromatic ring is 1. The molecule has 174 valence electrons. The summed E-state index contributed by atoms with van der Waals surface area (Å²) in [5.74, 6) is -1.53. The summed E-state index contributed by atoms with van der Waals surface area (Å²) in [5, 5.41) is 20.8. The highest BCUT2D eigenvalue weighted by atomic mass is 32.2. The lowest BCUT2D eigenvalue weighted by atomic mass is 10.2. The van der Waals surface area contributed by atoms with Gasteiger partial charge in [-0.15, -0.1) is 23.1 Å². The van der Waals surface area contributed by atoms with Gasteiger partial charge in [0.1, 0.15) is 34.8 Å². The van der Waals surface area contributed by atoms with Gasteiger partial charge in [-0.2, -0.15) is 0 Å². The molecule has 33 heavy (non-hydrogen) atoms. The molecule has 2 aromatic rings. The number of anilines is 1. The molecule has 0 spiro atoms. The number of likely N-dealkylation sites (N-methyl/N-ethyl adjacent to an activating group) is 1. The number of aliphatic carboxylic acids is 1. The van der Waals surface area contributed by atoms with Crippen molar-refractivity contribution in [2.24, 2.45) is 0 Å². The Bertz CT molecular complexity index is 1110. The van der Waals surface area contributed by atoms with Crippen molar-refractivity contribution in [2.45, 2.75) is 11.4 Å². The first kappa shape index (κ1) is 24.5. The fourth-order valence-corrected chi connectivity index (χ4v) is 5.80. The summed E-state index contributed by atoms with van der Waals surface area (Å²) in [5.41, 5.74) is 5.60. The molecule has 3 rings (SSSR count). The van der Waals surface area contributed by atoms with E-state index in [2.05, 4.69) is 10.3 Å². The number of thiazole rings is 1. The van der Waals surface area contributed by atoms with Gasteiger partial charge in [-0.3, -0.25) is 15.0 Å². The molecule has 5 N–H and O–H groups in total. The van der Waals surface area contributed by atoms with Crippen LogP contribution in [0.4, 0.5) is 5.13 Å². The minimum atomic E-state index is -1.22. The second-order valence-electron chi connectivity index (χ2n) is 6.70. The molecule has 2 atom stereocenters. The third-order valence-corrected chi connectivity index (χ3v) is 7.65. The Labute approximate surface area is 200 Å². The second-order valence-corrected chi connectivity index (χ2v) is 9.65. The summed E-state index contributed by atoms with van der Waals surface area (Å²) in [6.07, 6.45) is 1.87. The Morgan fingerprint density at radius 3 is 2.85 bits per heavy atom. The van der Waals surface area contributed by atoms with Crippen LogP contribution in [0.1, 0.15) is 16.2 Å². The molecule has 2 unspecified atom stereocenters. The van der Waals surface area contributed by atoms with Gasteiger partial charge in [0.15, 0.2) is 10.9 Å². The van der Waals surface area contributed by atoms with Gasteiger partial charge in [-0.1, -0.05) is 11.8 Å². The minimum Gasteiger partial charge on any atom is -0.477 e. The normalized spacial score (nSPS) is 16.9. The molecule has 0 bridgehead atoms. The molecule has 14 heteroatoms. The SMILES string of the molecule is CN1C(C(=O)O)=C(CSC(=O)c2ccco2)CSC1C(C=O)NC(=O)C(=N)c1csc(N)n1. The first-order valence-electron chi connectivity index (χ1n) is 9.29. The van der Waals surface area contributed by atoms with Gasteiger partial charge in [-0.25, -0.2) is 9.78 Å². The van der Waals surface area contributed by atoms with Crippen LogP contribution in [0.15, 0.2) is 39.5 Å². The number of amides is 1. The van der Waals surface area contributed by atoms with Crippen LogP contribution in [0.2, 0.25) is 0 Å². The summed E-state index contributed by atoms with van der Waals surface area (Å²) in [6.45, 7) is 0. The van der Waals surface area contributed by atoms with Crippen LogP contribution < -0.4 is 11.1 Å². The summed E-state index contributed by atoms with van der Waals surface area (Å²) in [6, 6.07) is 2.01. The molecule has 0 radical (unpaired) electrons. The molecular weight excluding hydrogens is 490 g/mol. The van der Waals surface area contributed by atoms with E-state index in [1.54, 1.807) is 6.07 Å². The van der Waals surface area contributed by atoms with Gasteiger partial charge < -0.3 is 30.3 Å². The number of aldehydes is 1. The lowest BCUT2D eigenvalue weighted by molar-refractivity contribution is -0.134. The summed E-state index contributed by atoms with van der Waals surface area (Å²) in [7, 11) is 1.49. The summed E-state index contributed by atoms with van der Waals surface area (Å²) < 4.78 is 5.06. The van der Waals surface area contributed by atoms with Crippen LogP contribution in [0.3, 0.4) is 0 Å². The third kappa shape index (κ3) is 5.64. The van der Waals surface area contributed by atoms with Gasteiger partial charge in [0.05, 0.1) is 6.26 Å². The number of nitrogens with two attached hydrogens (primary N) is 1. The van der Waals surface area contributed by atoms with Crippen molar-refractivity contribution in [3.05, 3.63) is 46.5 Å². The zero-order valence-electron chi connectivity index (χ0n) is 17.1. The van der Waals surface area contributed by atoms with Crippen LogP contribution in [0, 0.1) is 5.41 Å². The molecule has 1 aliphatic rings. The number of furan rings is 1. The van der Waals surface area contributed by atoms with E-state index in [0.29, 0.717) is 11.9 Å². The zero-order valence-corrected chi connectivity index (χ0v) is 19.6. The highest BCUT2D eigenvalue weighted by Gasteiger charge is 2.36. The largest absolute Gasteiger partial charge is 0.477 e. The van der Waals surface area contributed by atoms with Crippen LogP contribution in [0.25, 0.3) is 0 Å². The Hall–Kier alpha value is -3.10. The molecule has 1 aliphatic heterocycles. The van der Waals surface area contributed by atoms with Crippen LogP contribution in [0.5, 0.6) is 0 Å². The number of aromatic nitrogens is 1. The smallest absolute Gasteiger partial charge is 0.352 e. The highest BCUT2D eigenvalue weighted by molar-refractivity contribution is 8.14. The van der Waals surface area contributed by atoms with Gasteiger partial charge in [0.2, 0.25) is 0 Å². The lowest BCUT2D eigenvalue weighted by Crippen LogP contribution is -2.53. The maximum atomic E-state index is 12.5. The Morgan fingerprint density at radius 1 is 1.52 bits per heavy atom. The van der Waals surface area contributed by atoms with E-state index in [0.717, 1.165) is 23.1 Å². The van der Waals surface area contributed by atoms with Crippen LogP contribution >= 0.6 is 34.9 Å². The number of hydrogen-bond acceptors (Lipinski definition) is 12. The molecule has 0 saturated carbocycles. The average molecular weight is 510 g/mol. The van der Waals surface area contributed by atoms with Crippen molar-refractivity contribution < 1.29 is 28.7 Å². The van der Waals surface area contributed by atoms with E-state index in [-0.39, 0.29) is 38.9 Å². The predicted octanol–water partition coefficient (Wildman–Crippen LogP) is 1.29. The molecule has 0 aromatic carbocycles. The molecule has 0 aliphatic carbocycles. The van der Waals surface area contributed by atoms with Crippen molar-refractivity contribution in [2.75, 3.05) is 24.3 Å². The molecule has 3 heterocycles. The van der Waals surface area contributed by atoms with Gasteiger partial charge in [-0.05, 0) is 17.7 Å². The van der Waals surface area contributed by atoms with E-state index in [1.165, 1.54) is 41.4 Å². The number of thioether (sulfide) groups is 2. The Morgan fingerprint density at radius 2 is 2.27 bits per heavy atom. The van der Waals surface area contributed by atoms with Crippen molar-refractivity contribution in [1.82, 2.24) is 15.2 Å². The second kappa shape index (κ2) is 10.7. The van der Waals surface area contributed by atoms with E-state index in [9.17, 15) is 24.3 Å². The summed E-state index contributed by atoms with van der Waals surface area (Å²) >= 11 is 3.23. The standard InChI is InChI=1S/C19H19N5O6S3/c1-24-14(17(27)28)9(7-32-18(29)12-3-2-4-30-12)6-31-16(24)10(5-25)22-15(26)13(20)11-8-33-19(21)23-11/h2-5,8,10,16,20H,6-7H2,1H3,(H2,21,23)(H,22,26)(H,27,28). The lowest BCUT2D eigenvalue weighted by Gasteiger charge is -2.38. The topological polar surface area (TPSA) is 180 Å². The molecule has 2 aromatic heterocycles. The van der Waals surface area contributed by atoms with Gasteiger partial charge in [0, 0.05) is 23.9 Å². The monoisotopic (exact) mass is 509 g/mol. The summed E-state index contributed by atoms with van der Waals surface area (Å²) in [4.78, 5) is 53.6. The molecular formula is C19H19N5O6S3. The van der Waals surface area contributed by atoms with Gasteiger partial charge >= 0.3 is 5.97 Å². The zero-order chi connectivity index (χ0) is 24.1. The maximum Gasteiger partial charge on any atom is 0.352 e. The molecule has 11 nitrogen and oxygen atoms in total. The van der Waals surface area contributed by atoms with Crippen molar-refractivity contribution in [3.8, 4) is 0 Å². The fourth-order valence-electron chi connectivity index (χ4n) is 3.03. The Balaban J connectivity index is 1.72. The maximum absolute atomic E-state index is 12.5. The first-order chi connectivity index (χ1) is 15.7. The van der Waals surface area contributed by atoms with Gasteiger partial charge in [0.25, 0.3) is 11.0 Å². The number of hydrogen-bond donors (Lipinski definition) is 4. The van der Waals surface area contributed by atoms with Crippen LogP contribution in [-0.4, -0.2) is 73.9 Å². The molecule has 0 saturated heterocycles. The fraction of sp³-hybridized carbons (Fsp3) is 0.263. The van der Waals surface area contributed by atoms with E-state index < -0.39 is 29.0 Å². The molecule has 0 fully saturated rings. The third-order valence-electron chi connectivity index (χ3n) is 4.56. The van der Waals surface area contributed by atoms with E-state index in [4.69, 9.17) is 15.6 Å². The average Bonchev–Trinajstić information content (AvgIpc) is 3.47. The number of rotatable bonds is 9. The number of carboxylic acids is 1. The number of carbonyl (C=O) groups is 4. The number of nitrogens with zero attached hydrogens (tertiary/aromatic N) is 2. The number of carbonyl (C=O) groups excluding carboxylic acids is 3. The number of nitrogens with one attached hydrogen (secondary N) is 2. The van der Waals surface area contributed by atoms with E-state index >= 15 is 0 Å². The highest BCUT2D eigenvalue weighted by Crippen LogP contribution is 2.33. The van der Waals surface area contributed by atoms with Crippen molar-refractivity contribution in [3.63, 3.8) is 0 Å². The predicted molar refractivity (Wildman–Crippen MR) is 126 cm³/mol. The van der Waals surface area contributed by atoms with E-state index in [1.807, 2.05) is 0 Å². The van der Waals surface area contributed by atoms with Crippen molar-refractivity contribution >= 4 is 69.0 Å². The van der Waals surface area contributed by atoms with Crippen LogP contribution in [-0.2, 0) is 14.4 Å². The number of carboxylic acid groups (broad SMARTS) is 1. The van der Waals surface area contributed by atoms with Crippen molar-refractivity contribution in [1.29, 1.82) is 5.41 Å². The quantitative estimate of drug-likeness (QED) is 0.282. The Kier molecular flexibility index (Phi) is 7.94.